The Hall–Kier alpha value is -4.38. The van der Waals surface area contributed by atoms with Crippen molar-refractivity contribution in [3.63, 3.8) is 0 Å². The number of aromatic nitrogens is 1. The molecule has 2 fully saturated rings. The molecular weight excluding hydrogens is 608 g/mol. The highest BCUT2D eigenvalue weighted by molar-refractivity contribution is 6.32. The molecule has 242 valence electrons. The van der Waals surface area contributed by atoms with E-state index in [1.807, 2.05) is 42.2 Å². The first-order valence-electron chi connectivity index (χ1n) is 16.5. The maximum Gasteiger partial charge on any atom is 0.254 e. The Morgan fingerprint density at radius 3 is 2.30 bits per heavy atom. The summed E-state index contributed by atoms with van der Waals surface area (Å²) in [6.07, 6.45) is 9.04. The first-order chi connectivity index (χ1) is 22.9. The van der Waals surface area contributed by atoms with E-state index in [9.17, 15) is 10.1 Å². The fourth-order valence-corrected chi connectivity index (χ4v) is 6.87. The Kier molecular flexibility index (Phi) is 10.4. The van der Waals surface area contributed by atoms with E-state index in [1.165, 1.54) is 19.3 Å². The number of halogens is 1. The van der Waals surface area contributed by atoms with E-state index < -0.39 is 0 Å². The lowest BCUT2D eigenvalue weighted by molar-refractivity contribution is 0.0792. The Labute approximate surface area is 282 Å². The van der Waals surface area contributed by atoms with Gasteiger partial charge in [0.25, 0.3) is 5.91 Å². The van der Waals surface area contributed by atoms with Crippen LogP contribution in [-0.4, -0.2) is 46.9 Å². The second-order valence-electron chi connectivity index (χ2n) is 12.6. The van der Waals surface area contributed by atoms with Gasteiger partial charge < -0.3 is 14.4 Å². The Bertz CT molecular complexity index is 1790. The molecular formula is C39H41ClN4O3. The molecule has 6 rings (SSSR count). The van der Waals surface area contributed by atoms with Crippen molar-refractivity contribution in [2.45, 2.75) is 65.7 Å². The predicted molar refractivity (Wildman–Crippen MR) is 185 cm³/mol. The van der Waals surface area contributed by atoms with Gasteiger partial charge in [-0.05, 0) is 98.6 Å². The maximum atomic E-state index is 13.3. The zero-order valence-corrected chi connectivity index (χ0v) is 28.0. The molecule has 0 radical (unpaired) electrons. The number of piperidine rings is 1. The summed E-state index contributed by atoms with van der Waals surface area (Å²) in [5, 5.41) is 9.84. The van der Waals surface area contributed by atoms with Crippen LogP contribution in [0.15, 0.2) is 67.0 Å². The van der Waals surface area contributed by atoms with E-state index in [1.54, 1.807) is 18.5 Å². The molecule has 0 N–H and O–H groups in total. The number of nitriles is 1. The quantitative estimate of drug-likeness (QED) is 0.172. The Morgan fingerprint density at radius 1 is 0.830 bits per heavy atom. The van der Waals surface area contributed by atoms with Crippen molar-refractivity contribution in [2.75, 3.05) is 26.2 Å². The molecule has 47 heavy (non-hydrogen) atoms. The Morgan fingerprint density at radius 2 is 1.53 bits per heavy atom. The van der Waals surface area contributed by atoms with Crippen LogP contribution in [0.25, 0.3) is 11.1 Å². The highest BCUT2D eigenvalue weighted by Gasteiger charge is 2.23. The number of likely N-dealkylation sites (tertiary alicyclic amines) is 2. The first kappa shape index (κ1) is 32.6. The van der Waals surface area contributed by atoms with Crippen molar-refractivity contribution < 1.29 is 14.3 Å². The number of benzene rings is 3. The normalized spacial score (nSPS) is 15.0. The number of nitrogens with zero attached hydrogens (tertiary/aromatic N) is 4. The largest absolute Gasteiger partial charge is 0.488 e. The van der Waals surface area contributed by atoms with Crippen molar-refractivity contribution in [1.82, 2.24) is 14.8 Å². The van der Waals surface area contributed by atoms with Gasteiger partial charge in [-0.2, -0.15) is 5.26 Å². The zero-order chi connectivity index (χ0) is 32.8. The van der Waals surface area contributed by atoms with Gasteiger partial charge in [-0.25, -0.2) is 0 Å². The number of amides is 1. The standard InChI is InChI=1S/C39H41ClN4O3/c1-27-31(10-8-11-33(27)34-12-9-13-35(28(34)2)39(45)44-16-6-7-17-44)26-47-38-20-37(46-25-30-18-29(21-41)22-42-23-30)32(19-36(38)40)24-43-14-4-3-5-15-43/h8-13,18-20,22-23H,3-7,14-17,24-26H2,1-2H3. The monoisotopic (exact) mass is 648 g/mol. The van der Waals surface area contributed by atoms with Gasteiger partial charge in [-0.1, -0.05) is 48.4 Å². The van der Waals surface area contributed by atoms with Gasteiger partial charge in [0.15, 0.2) is 0 Å². The summed E-state index contributed by atoms with van der Waals surface area (Å²) in [6.45, 7) is 9.24. The highest BCUT2D eigenvalue weighted by atomic mass is 35.5. The molecule has 4 aromatic rings. The van der Waals surface area contributed by atoms with Crippen LogP contribution in [-0.2, 0) is 19.8 Å². The van der Waals surface area contributed by atoms with Crippen molar-refractivity contribution in [3.8, 4) is 28.7 Å². The van der Waals surface area contributed by atoms with Gasteiger partial charge >= 0.3 is 0 Å². The minimum Gasteiger partial charge on any atom is -0.488 e. The minimum atomic E-state index is 0.115. The molecule has 2 saturated heterocycles. The lowest BCUT2D eigenvalue weighted by atomic mass is 9.91. The van der Waals surface area contributed by atoms with Crippen LogP contribution in [0.3, 0.4) is 0 Å². The van der Waals surface area contributed by atoms with Crippen LogP contribution < -0.4 is 9.47 Å². The SMILES string of the molecule is Cc1c(COc2cc(OCc3cncc(C#N)c3)c(CN3CCCCC3)cc2Cl)cccc1-c1cccc(C(=O)N2CCCC2)c1C. The third-order valence-electron chi connectivity index (χ3n) is 9.35. The summed E-state index contributed by atoms with van der Waals surface area (Å²) in [5.74, 6) is 1.37. The van der Waals surface area contributed by atoms with Crippen LogP contribution in [0, 0.1) is 25.2 Å². The molecule has 8 heteroatoms. The van der Waals surface area contributed by atoms with Gasteiger partial charge in [0.05, 0.1) is 10.6 Å². The van der Waals surface area contributed by atoms with Crippen LogP contribution in [0.4, 0.5) is 0 Å². The van der Waals surface area contributed by atoms with Crippen molar-refractivity contribution in [2.24, 2.45) is 0 Å². The van der Waals surface area contributed by atoms with Gasteiger partial charge in [-0.15, -0.1) is 0 Å². The summed E-state index contributed by atoms with van der Waals surface area (Å²) in [5.41, 5.74) is 8.36. The lowest BCUT2D eigenvalue weighted by Gasteiger charge is -2.27. The molecule has 7 nitrogen and oxygen atoms in total. The van der Waals surface area contributed by atoms with E-state index in [4.69, 9.17) is 21.1 Å². The molecule has 0 bridgehead atoms. The van der Waals surface area contributed by atoms with Crippen molar-refractivity contribution in [1.29, 1.82) is 5.26 Å². The number of hydrogen-bond donors (Lipinski definition) is 0. The molecule has 1 aromatic heterocycles. The van der Waals surface area contributed by atoms with Crippen LogP contribution in [0.2, 0.25) is 5.02 Å². The molecule has 2 aliphatic heterocycles. The van der Waals surface area contributed by atoms with Crippen LogP contribution in [0.1, 0.15) is 75.8 Å². The van der Waals surface area contributed by atoms with Gasteiger partial charge in [-0.3, -0.25) is 14.7 Å². The maximum absolute atomic E-state index is 13.3. The van der Waals surface area contributed by atoms with Crippen LogP contribution in [0.5, 0.6) is 11.5 Å². The van der Waals surface area contributed by atoms with E-state index in [2.05, 4.69) is 41.1 Å². The third kappa shape index (κ3) is 7.62. The summed E-state index contributed by atoms with van der Waals surface area (Å²) >= 11 is 6.85. The van der Waals surface area contributed by atoms with Crippen LogP contribution >= 0.6 is 11.6 Å². The molecule has 2 aliphatic rings. The van der Waals surface area contributed by atoms with E-state index in [-0.39, 0.29) is 12.5 Å². The number of rotatable bonds is 10. The van der Waals surface area contributed by atoms with Crippen molar-refractivity contribution in [3.05, 3.63) is 111 Å². The second kappa shape index (κ2) is 15.0. The molecule has 0 saturated carbocycles. The third-order valence-corrected chi connectivity index (χ3v) is 9.65. The zero-order valence-electron chi connectivity index (χ0n) is 27.2. The predicted octanol–water partition coefficient (Wildman–Crippen LogP) is 8.27. The molecule has 1 amide bonds. The average molecular weight is 649 g/mol. The summed E-state index contributed by atoms with van der Waals surface area (Å²) < 4.78 is 12.7. The van der Waals surface area contributed by atoms with E-state index in [0.717, 1.165) is 90.1 Å². The summed E-state index contributed by atoms with van der Waals surface area (Å²) in [6, 6.07) is 20.0. The van der Waals surface area contributed by atoms with Gasteiger partial charge in [0.2, 0.25) is 0 Å². The van der Waals surface area contributed by atoms with E-state index in [0.29, 0.717) is 28.7 Å². The fraction of sp³-hybridized carbons (Fsp3) is 0.359. The lowest BCUT2D eigenvalue weighted by Crippen LogP contribution is -2.29. The van der Waals surface area contributed by atoms with Gasteiger partial charge in [0.1, 0.15) is 30.8 Å². The van der Waals surface area contributed by atoms with Crippen molar-refractivity contribution >= 4 is 17.5 Å². The van der Waals surface area contributed by atoms with Gasteiger partial charge in [0, 0.05) is 54.8 Å². The molecule has 0 aliphatic carbocycles. The second-order valence-corrected chi connectivity index (χ2v) is 13.0. The molecule has 3 aromatic carbocycles. The number of ether oxygens (including phenoxy) is 2. The highest BCUT2D eigenvalue weighted by Crippen LogP contribution is 2.36. The average Bonchev–Trinajstić information content (AvgIpc) is 3.64. The topological polar surface area (TPSA) is 78.7 Å². The molecule has 0 unspecified atom stereocenters. The Balaban J connectivity index is 1.23. The number of pyridine rings is 1. The molecule has 0 spiro atoms. The summed E-state index contributed by atoms with van der Waals surface area (Å²) in [4.78, 5) is 21.9. The summed E-state index contributed by atoms with van der Waals surface area (Å²) in [7, 11) is 0. The smallest absolute Gasteiger partial charge is 0.254 e. The molecule has 3 heterocycles. The minimum absolute atomic E-state index is 0.115. The van der Waals surface area contributed by atoms with E-state index >= 15 is 0 Å². The number of carbonyl (C=O) groups excluding carboxylic acids is 1. The number of hydrogen-bond acceptors (Lipinski definition) is 6. The first-order valence-corrected chi connectivity index (χ1v) is 16.9. The molecule has 0 atom stereocenters. The fourth-order valence-electron chi connectivity index (χ4n) is 6.63. The number of carbonyl (C=O) groups is 1.